The number of aryl methyl sites for hydroxylation is 3. The van der Waals surface area contributed by atoms with Gasteiger partial charge in [0.05, 0.1) is 10.6 Å². The van der Waals surface area contributed by atoms with E-state index in [1.807, 2.05) is 39.8 Å². The summed E-state index contributed by atoms with van der Waals surface area (Å²) in [7, 11) is -3.68. The van der Waals surface area contributed by atoms with Gasteiger partial charge in [-0.3, -0.25) is 4.72 Å². The lowest BCUT2D eigenvalue weighted by atomic mass is 10.2. The number of aromatic nitrogens is 4. The molecule has 0 saturated heterocycles. The van der Waals surface area contributed by atoms with Gasteiger partial charge >= 0.3 is 0 Å². The van der Waals surface area contributed by atoms with Crippen molar-refractivity contribution in [1.29, 1.82) is 0 Å². The smallest absolute Gasteiger partial charge is 0.261 e. The van der Waals surface area contributed by atoms with E-state index in [1.54, 1.807) is 54.1 Å². The average molecular weight is 478 g/mol. The number of anilines is 1. The second-order valence-electron chi connectivity index (χ2n) is 8.05. The van der Waals surface area contributed by atoms with Gasteiger partial charge in [-0.1, -0.05) is 19.1 Å². The van der Waals surface area contributed by atoms with E-state index in [2.05, 4.69) is 19.8 Å². The first-order chi connectivity index (χ1) is 16.2. The van der Waals surface area contributed by atoms with Crippen molar-refractivity contribution in [2.75, 3.05) is 4.72 Å². The van der Waals surface area contributed by atoms with Crippen molar-refractivity contribution in [2.45, 2.75) is 45.9 Å². The molecule has 0 atom stereocenters. The van der Waals surface area contributed by atoms with Crippen LogP contribution in [0.2, 0.25) is 0 Å². The molecule has 4 rings (SSSR count). The molecule has 0 fully saturated rings. The summed E-state index contributed by atoms with van der Waals surface area (Å²) in [6, 6.07) is 15.2. The van der Waals surface area contributed by atoms with Crippen LogP contribution in [0.4, 0.5) is 5.69 Å². The highest BCUT2D eigenvalue weighted by molar-refractivity contribution is 7.92. The maximum absolute atomic E-state index is 12.7. The zero-order valence-electron chi connectivity index (χ0n) is 19.8. The number of hydrogen-bond donors (Lipinski definition) is 1. The van der Waals surface area contributed by atoms with Gasteiger partial charge in [-0.25, -0.2) is 18.1 Å². The van der Waals surface area contributed by atoms with Crippen LogP contribution in [0.15, 0.2) is 59.5 Å². The van der Waals surface area contributed by atoms with Gasteiger partial charge in [-0.05, 0) is 81.6 Å². The fourth-order valence-electron chi connectivity index (χ4n) is 3.46. The number of benzene rings is 2. The molecule has 0 saturated carbocycles. The molecule has 4 aromatic rings. The molecule has 0 spiro atoms. The summed E-state index contributed by atoms with van der Waals surface area (Å²) < 4.78 is 35.6. The maximum Gasteiger partial charge on any atom is 0.261 e. The number of sulfonamides is 1. The number of ether oxygens (including phenoxy) is 1. The van der Waals surface area contributed by atoms with Gasteiger partial charge in [-0.15, -0.1) is 0 Å². The Labute approximate surface area is 199 Å². The van der Waals surface area contributed by atoms with E-state index in [4.69, 9.17) is 4.74 Å². The van der Waals surface area contributed by atoms with Crippen LogP contribution >= 0.6 is 0 Å². The lowest BCUT2D eigenvalue weighted by Crippen LogP contribution is -2.12. The molecular formula is C25H27N5O3S. The van der Waals surface area contributed by atoms with Crippen LogP contribution in [-0.2, 0) is 16.4 Å². The standard InChI is InChI=1S/C25H27N5O3S/c1-6-20-7-13-23(14-8-20)34(31,32)29-21-9-11-22(12-10-21)33-25-15-24(26-19(5)27-25)30-18(4)16(2)17(3)28-30/h7-15,29H,6H2,1-5H3. The minimum atomic E-state index is -3.68. The number of nitrogens with one attached hydrogen (secondary N) is 1. The molecule has 0 bridgehead atoms. The van der Waals surface area contributed by atoms with Gasteiger partial charge in [0.1, 0.15) is 11.6 Å². The van der Waals surface area contributed by atoms with Gasteiger partial charge in [-0.2, -0.15) is 10.1 Å². The molecular weight excluding hydrogens is 450 g/mol. The van der Waals surface area contributed by atoms with Crippen molar-refractivity contribution in [3.63, 3.8) is 0 Å². The molecule has 0 amide bonds. The molecule has 2 aromatic heterocycles. The molecule has 0 aliphatic heterocycles. The molecule has 0 radical (unpaired) electrons. The third kappa shape index (κ3) is 4.94. The van der Waals surface area contributed by atoms with Crippen molar-refractivity contribution in [1.82, 2.24) is 19.7 Å². The average Bonchev–Trinajstić information content (AvgIpc) is 3.07. The van der Waals surface area contributed by atoms with Crippen LogP contribution in [0, 0.1) is 27.7 Å². The first-order valence-corrected chi connectivity index (χ1v) is 12.4. The maximum atomic E-state index is 12.7. The molecule has 0 unspecified atom stereocenters. The van der Waals surface area contributed by atoms with E-state index in [-0.39, 0.29) is 4.90 Å². The lowest BCUT2D eigenvalue weighted by molar-refractivity contribution is 0.459. The van der Waals surface area contributed by atoms with E-state index >= 15 is 0 Å². The summed E-state index contributed by atoms with van der Waals surface area (Å²) in [6.45, 7) is 9.79. The molecule has 0 aliphatic rings. The van der Waals surface area contributed by atoms with Crippen molar-refractivity contribution in [2.24, 2.45) is 0 Å². The third-order valence-corrected chi connectivity index (χ3v) is 7.04. The highest BCUT2D eigenvalue weighted by atomic mass is 32.2. The summed E-state index contributed by atoms with van der Waals surface area (Å²) >= 11 is 0. The summed E-state index contributed by atoms with van der Waals surface area (Å²) in [6.07, 6.45) is 0.851. The quantitative estimate of drug-likeness (QED) is 0.400. The van der Waals surface area contributed by atoms with E-state index in [0.717, 1.165) is 28.9 Å². The summed E-state index contributed by atoms with van der Waals surface area (Å²) in [4.78, 5) is 9.07. The zero-order valence-corrected chi connectivity index (χ0v) is 20.6. The van der Waals surface area contributed by atoms with Gasteiger partial charge in [0.2, 0.25) is 5.88 Å². The Balaban J connectivity index is 1.51. The number of hydrogen-bond acceptors (Lipinski definition) is 6. The summed E-state index contributed by atoms with van der Waals surface area (Å²) in [5.74, 6) is 2.06. The monoisotopic (exact) mass is 477 g/mol. The molecule has 176 valence electrons. The Morgan fingerprint density at radius 2 is 1.62 bits per heavy atom. The second kappa shape index (κ2) is 9.26. The van der Waals surface area contributed by atoms with Gasteiger partial charge in [0.25, 0.3) is 10.0 Å². The first kappa shape index (κ1) is 23.4. The molecule has 0 aliphatic carbocycles. The topological polar surface area (TPSA) is 99.0 Å². The first-order valence-electron chi connectivity index (χ1n) is 10.9. The summed E-state index contributed by atoms with van der Waals surface area (Å²) in [5.41, 5.74) is 4.57. The van der Waals surface area contributed by atoms with Crippen molar-refractivity contribution >= 4 is 15.7 Å². The summed E-state index contributed by atoms with van der Waals surface area (Å²) in [5, 5.41) is 4.56. The Morgan fingerprint density at radius 3 is 2.21 bits per heavy atom. The normalized spacial score (nSPS) is 11.4. The number of nitrogens with zero attached hydrogens (tertiary/aromatic N) is 4. The van der Waals surface area contributed by atoms with Crippen molar-refractivity contribution < 1.29 is 13.2 Å². The van der Waals surface area contributed by atoms with E-state index in [1.165, 1.54) is 0 Å². The highest BCUT2D eigenvalue weighted by Gasteiger charge is 2.15. The predicted octanol–water partition coefficient (Wildman–Crippen LogP) is 5.05. The number of rotatable bonds is 7. The molecule has 34 heavy (non-hydrogen) atoms. The Morgan fingerprint density at radius 1 is 0.941 bits per heavy atom. The SMILES string of the molecule is CCc1ccc(S(=O)(=O)Nc2ccc(Oc3cc(-n4nc(C)c(C)c4C)nc(C)n3)cc2)cc1. The molecule has 1 N–H and O–H groups in total. The van der Waals surface area contributed by atoms with Gasteiger partial charge in [0.15, 0.2) is 5.82 Å². The van der Waals surface area contributed by atoms with Crippen LogP contribution in [0.25, 0.3) is 5.82 Å². The van der Waals surface area contributed by atoms with Crippen molar-refractivity contribution in [3.8, 4) is 17.4 Å². The van der Waals surface area contributed by atoms with E-state index in [9.17, 15) is 8.42 Å². The Kier molecular flexibility index (Phi) is 6.39. The van der Waals surface area contributed by atoms with E-state index < -0.39 is 10.0 Å². The minimum Gasteiger partial charge on any atom is -0.439 e. The van der Waals surface area contributed by atoms with Crippen LogP contribution in [-0.4, -0.2) is 28.2 Å². The fraction of sp³-hybridized carbons (Fsp3) is 0.240. The minimum absolute atomic E-state index is 0.216. The largest absolute Gasteiger partial charge is 0.439 e. The zero-order chi connectivity index (χ0) is 24.5. The highest BCUT2D eigenvalue weighted by Crippen LogP contribution is 2.25. The van der Waals surface area contributed by atoms with Crippen LogP contribution < -0.4 is 9.46 Å². The Hall–Kier alpha value is -3.72. The van der Waals surface area contributed by atoms with Crippen molar-refractivity contribution in [3.05, 3.63) is 82.9 Å². The van der Waals surface area contributed by atoms with Gasteiger partial charge < -0.3 is 4.74 Å². The van der Waals surface area contributed by atoms with E-state index in [0.29, 0.717) is 29.0 Å². The molecule has 8 nitrogen and oxygen atoms in total. The lowest BCUT2D eigenvalue weighted by Gasteiger charge is -2.11. The van der Waals surface area contributed by atoms with Crippen LogP contribution in [0.5, 0.6) is 11.6 Å². The molecule has 2 heterocycles. The second-order valence-corrected chi connectivity index (χ2v) is 9.73. The molecule has 2 aromatic carbocycles. The predicted molar refractivity (Wildman–Crippen MR) is 131 cm³/mol. The Bertz CT molecular complexity index is 1430. The third-order valence-electron chi connectivity index (χ3n) is 5.64. The molecule has 9 heteroatoms. The van der Waals surface area contributed by atoms with Gasteiger partial charge in [0, 0.05) is 17.4 Å². The van der Waals surface area contributed by atoms with Crippen LogP contribution in [0.1, 0.15) is 35.3 Å². The fourth-order valence-corrected chi connectivity index (χ4v) is 4.52. The van der Waals surface area contributed by atoms with Crippen LogP contribution in [0.3, 0.4) is 0 Å².